The molecule has 0 aromatic carbocycles. The summed E-state index contributed by atoms with van der Waals surface area (Å²) in [5.41, 5.74) is 1.46. The van der Waals surface area contributed by atoms with Crippen molar-refractivity contribution >= 4 is 15.9 Å². The maximum absolute atomic E-state index is 5.23. The summed E-state index contributed by atoms with van der Waals surface area (Å²) < 4.78 is 5.23. The van der Waals surface area contributed by atoms with Crippen molar-refractivity contribution in [2.45, 2.75) is 26.2 Å². The molecule has 0 aliphatic heterocycles. The molecule has 0 amide bonds. The molecular formula is C9H13BrO. The zero-order valence-electron chi connectivity index (χ0n) is 7.15. The lowest BCUT2D eigenvalue weighted by atomic mass is 9.87. The quantitative estimate of drug-likeness (QED) is 0.693. The molecule has 62 valence electrons. The molecule has 0 spiro atoms. The van der Waals surface area contributed by atoms with Gasteiger partial charge in [-0.05, 0) is 18.6 Å². The van der Waals surface area contributed by atoms with Crippen molar-refractivity contribution in [2.75, 3.05) is 5.33 Å². The summed E-state index contributed by atoms with van der Waals surface area (Å²) in [6, 6.07) is 2.04. The Balaban J connectivity index is 3.00. The number of alkyl halides is 1. The van der Waals surface area contributed by atoms with Crippen molar-refractivity contribution in [1.82, 2.24) is 0 Å². The molecule has 0 atom stereocenters. The number of furan rings is 1. The van der Waals surface area contributed by atoms with Gasteiger partial charge < -0.3 is 4.42 Å². The fraction of sp³-hybridized carbons (Fsp3) is 0.556. The van der Waals surface area contributed by atoms with Gasteiger partial charge in [0.15, 0.2) is 0 Å². The van der Waals surface area contributed by atoms with Gasteiger partial charge in [-0.2, -0.15) is 0 Å². The molecule has 0 radical (unpaired) electrons. The van der Waals surface area contributed by atoms with Crippen molar-refractivity contribution in [3.63, 3.8) is 0 Å². The zero-order valence-corrected chi connectivity index (χ0v) is 8.73. The topological polar surface area (TPSA) is 13.1 Å². The van der Waals surface area contributed by atoms with E-state index in [-0.39, 0.29) is 5.41 Å². The van der Waals surface area contributed by atoms with Gasteiger partial charge in [-0.1, -0.05) is 29.8 Å². The van der Waals surface area contributed by atoms with E-state index in [0.717, 1.165) is 11.1 Å². The smallest absolute Gasteiger partial charge is 0.104 e. The predicted octanol–water partition coefficient (Wildman–Crippen LogP) is 3.26. The van der Waals surface area contributed by atoms with E-state index in [4.69, 9.17) is 4.42 Å². The lowest BCUT2D eigenvalue weighted by Crippen LogP contribution is -2.18. The lowest BCUT2D eigenvalue weighted by molar-refractivity contribution is 0.510. The summed E-state index contributed by atoms with van der Waals surface area (Å²) in [7, 11) is 0. The van der Waals surface area contributed by atoms with Gasteiger partial charge in [-0.25, -0.2) is 0 Å². The summed E-state index contributed by atoms with van der Waals surface area (Å²) in [5.74, 6) is 1.02. The Bertz CT molecular complexity index is 237. The van der Waals surface area contributed by atoms with Crippen LogP contribution in [0.5, 0.6) is 0 Å². The Morgan fingerprint density at radius 1 is 1.55 bits per heavy atom. The van der Waals surface area contributed by atoms with E-state index in [9.17, 15) is 0 Å². The molecule has 1 nitrogen and oxygen atoms in total. The van der Waals surface area contributed by atoms with E-state index >= 15 is 0 Å². The lowest BCUT2D eigenvalue weighted by Gasteiger charge is -2.20. The Morgan fingerprint density at radius 2 is 2.18 bits per heavy atom. The largest absolute Gasteiger partial charge is 0.469 e. The average molecular weight is 217 g/mol. The molecule has 1 aromatic rings. The van der Waals surface area contributed by atoms with Crippen LogP contribution in [0.3, 0.4) is 0 Å². The van der Waals surface area contributed by atoms with Crippen LogP contribution in [0.25, 0.3) is 0 Å². The molecule has 1 heterocycles. The number of rotatable bonds is 2. The van der Waals surface area contributed by atoms with Gasteiger partial charge in [0.2, 0.25) is 0 Å². The highest BCUT2D eigenvalue weighted by Gasteiger charge is 2.22. The normalized spacial score (nSPS) is 12.0. The Labute approximate surface area is 75.9 Å². The van der Waals surface area contributed by atoms with Crippen molar-refractivity contribution in [1.29, 1.82) is 0 Å². The second-order valence-electron chi connectivity index (χ2n) is 3.41. The fourth-order valence-corrected chi connectivity index (χ4v) is 1.46. The SMILES string of the molecule is Cc1occc1C(C)(C)CBr. The molecule has 0 aliphatic rings. The summed E-state index contributed by atoms with van der Waals surface area (Å²) in [6.45, 7) is 6.39. The number of halogens is 1. The molecule has 0 saturated carbocycles. The second kappa shape index (κ2) is 3.02. The molecule has 0 saturated heterocycles. The van der Waals surface area contributed by atoms with E-state index in [1.807, 2.05) is 13.0 Å². The van der Waals surface area contributed by atoms with Gasteiger partial charge in [0.25, 0.3) is 0 Å². The van der Waals surface area contributed by atoms with E-state index in [2.05, 4.69) is 29.8 Å². The first kappa shape index (κ1) is 8.85. The molecule has 0 unspecified atom stereocenters. The van der Waals surface area contributed by atoms with E-state index in [0.29, 0.717) is 0 Å². The van der Waals surface area contributed by atoms with Gasteiger partial charge in [-0.3, -0.25) is 0 Å². The molecular weight excluding hydrogens is 204 g/mol. The summed E-state index contributed by atoms with van der Waals surface area (Å²) in [4.78, 5) is 0. The third-order valence-electron chi connectivity index (χ3n) is 1.92. The molecule has 1 aromatic heterocycles. The predicted molar refractivity (Wildman–Crippen MR) is 50.3 cm³/mol. The van der Waals surface area contributed by atoms with Gasteiger partial charge in [0.05, 0.1) is 6.26 Å². The average Bonchev–Trinajstić information content (AvgIpc) is 2.36. The standard InChI is InChI=1S/C9H13BrO/c1-7-8(4-5-11-7)9(2,3)6-10/h4-5H,6H2,1-3H3. The maximum atomic E-state index is 5.23. The molecule has 0 bridgehead atoms. The van der Waals surface area contributed by atoms with Crippen LogP contribution >= 0.6 is 15.9 Å². The van der Waals surface area contributed by atoms with Crippen molar-refractivity contribution in [3.05, 3.63) is 23.7 Å². The highest BCUT2D eigenvalue weighted by molar-refractivity contribution is 9.09. The van der Waals surface area contributed by atoms with E-state index in [1.54, 1.807) is 6.26 Å². The van der Waals surface area contributed by atoms with Crippen molar-refractivity contribution in [3.8, 4) is 0 Å². The number of aryl methyl sites for hydroxylation is 1. The maximum Gasteiger partial charge on any atom is 0.104 e. The highest BCUT2D eigenvalue weighted by atomic mass is 79.9. The van der Waals surface area contributed by atoms with Crippen LogP contribution in [0.15, 0.2) is 16.7 Å². The van der Waals surface area contributed by atoms with Crippen LogP contribution in [-0.2, 0) is 5.41 Å². The minimum atomic E-state index is 0.178. The fourth-order valence-electron chi connectivity index (χ4n) is 1.16. The monoisotopic (exact) mass is 216 g/mol. The van der Waals surface area contributed by atoms with Crippen LogP contribution in [0.1, 0.15) is 25.2 Å². The first-order valence-corrected chi connectivity index (χ1v) is 4.80. The van der Waals surface area contributed by atoms with Crippen LogP contribution in [0.2, 0.25) is 0 Å². The molecule has 0 fully saturated rings. The van der Waals surface area contributed by atoms with Gasteiger partial charge in [0, 0.05) is 10.7 Å². The Kier molecular flexibility index (Phi) is 2.43. The van der Waals surface area contributed by atoms with Gasteiger partial charge in [0.1, 0.15) is 5.76 Å². The molecule has 0 aliphatic carbocycles. The van der Waals surface area contributed by atoms with Gasteiger partial charge in [-0.15, -0.1) is 0 Å². The van der Waals surface area contributed by atoms with Crippen LogP contribution < -0.4 is 0 Å². The van der Waals surface area contributed by atoms with Crippen LogP contribution in [0, 0.1) is 6.92 Å². The third-order valence-corrected chi connectivity index (χ3v) is 3.32. The van der Waals surface area contributed by atoms with Crippen LogP contribution in [0.4, 0.5) is 0 Å². The Morgan fingerprint density at radius 3 is 2.55 bits per heavy atom. The molecule has 0 N–H and O–H groups in total. The van der Waals surface area contributed by atoms with Crippen molar-refractivity contribution < 1.29 is 4.42 Å². The number of hydrogen-bond acceptors (Lipinski definition) is 1. The molecule has 1 rings (SSSR count). The summed E-state index contributed by atoms with van der Waals surface area (Å²) in [6.07, 6.45) is 1.75. The van der Waals surface area contributed by atoms with Gasteiger partial charge >= 0.3 is 0 Å². The molecule has 11 heavy (non-hydrogen) atoms. The first-order chi connectivity index (χ1) is 5.08. The minimum absolute atomic E-state index is 0.178. The third kappa shape index (κ3) is 1.67. The van der Waals surface area contributed by atoms with E-state index in [1.165, 1.54) is 5.56 Å². The summed E-state index contributed by atoms with van der Waals surface area (Å²) in [5, 5.41) is 0.959. The van der Waals surface area contributed by atoms with Crippen molar-refractivity contribution in [2.24, 2.45) is 0 Å². The second-order valence-corrected chi connectivity index (χ2v) is 3.97. The Hall–Kier alpha value is -0.240. The van der Waals surface area contributed by atoms with Crippen LogP contribution in [-0.4, -0.2) is 5.33 Å². The number of hydrogen-bond donors (Lipinski definition) is 0. The first-order valence-electron chi connectivity index (χ1n) is 3.68. The summed E-state index contributed by atoms with van der Waals surface area (Å²) >= 11 is 3.48. The highest BCUT2D eigenvalue weighted by Crippen LogP contribution is 2.28. The minimum Gasteiger partial charge on any atom is -0.469 e. The van der Waals surface area contributed by atoms with E-state index < -0.39 is 0 Å². The molecule has 2 heteroatoms. The zero-order chi connectivity index (χ0) is 8.48.